The summed E-state index contributed by atoms with van der Waals surface area (Å²) in [7, 11) is -3.95. The lowest BCUT2D eigenvalue weighted by atomic mass is 10.2. The van der Waals surface area contributed by atoms with Crippen molar-refractivity contribution in [2.24, 2.45) is 0 Å². The zero-order valence-corrected chi connectivity index (χ0v) is 18.7. The number of nitrogens with one attached hydrogen (secondary N) is 1. The SMILES string of the molecule is CCOc1ccc(N(CCC#N)C(=O)CS(=O)(=O)Nc2ccc(OC(C)C)cc2)cc1. The molecule has 0 aliphatic rings. The third kappa shape index (κ3) is 7.83. The van der Waals surface area contributed by atoms with Gasteiger partial charge in [0.2, 0.25) is 15.9 Å². The van der Waals surface area contributed by atoms with Gasteiger partial charge in [-0.05, 0) is 69.3 Å². The Morgan fingerprint density at radius 1 is 1.10 bits per heavy atom. The van der Waals surface area contributed by atoms with Crippen molar-refractivity contribution in [1.29, 1.82) is 5.26 Å². The Balaban J connectivity index is 2.10. The van der Waals surface area contributed by atoms with Gasteiger partial charge in [-0.25, -0.2) is 8.42 Å². The smallest absolute Gasteiger partial charge is 0.244 e. The first-order chi connectivity index (χ1) is 14.7. The van der Waals surface area contributed by atoms with Crippen LogP contribution in [0.25, 0.3) is 0 Å². The summed E-state index contributed by atoms with van der Waals surface area (Å²) in [5.74, 6) is -0.132. The first kappa shape index (κ1) is 24.0. The van der Waals surface area contributed by atoms with E-state index in [1.807, 2.05) is 26.8 Å². The molecule has 0 aliphatic carbocycles. The fraction of sp³-hybridized carbons (Fsp3) is 0.364. The highest BCUT2D eigenvalue weighted by Gasteiger charge is 2.23. The van der Waals surface area contributed by atoms with E-state index in [0.29, 0.717) is 29.5 Å². The van der Waals surface area contributed by atoms with Crippen molar-refractivity contribution in [3.63, 3.8) is 0 Å². The van der Waals surface area contributed by atoms with Gasteiger partial charge >= 0.3 is 0 Å². The lowest BCUT2D eigenvalue weighted by Gasteiger charge is -2.22. The fourth-order valence-corrected chi connectivity index (χ4v) is 3.83. The van der Waals surface area contributed by atoms with Gasteiger partial charge in [0.05, 0.1) is 25.2 Å². The Labute approximate surface area is 183 Å². The van der Waals surface area contributed by atoms with Crippen LogP contribution in [0, 0.1) is 11.3 Å². The van der Waals surface area contributed by atoms with E-state index < -0.39 is 21.7 Å². The Hall–Kier alpha value is -3.25. The summed E-state index contributed by atoms with van der Waals surface area (Å²) < 4.78 is 38.4. The van der Waals surface area contributed by atoms with Crippen LogP contribution in [-0.2, 0) is 14.8 Å². The van der Waals surface area contributed by atoms with E-state index in [4.69, 9.17) is 14.7 Å². The average Bonchev–Trinajstić information content (AvgIpc) is 2.70. The Bertz CT molecular complexity index is 997. The lowest BCUT2D eigenvalue weighted by Crippen LogP contribution is -2.38. The molecule has 2 rings (SSSR count). The van der Waals surface area contributed by atoms with Crippen molar-refractivity contribution in [1.82, 2.24) is 0 Å². The minimum absolute atomic E-state index is 0.00200. The largest absolute Gasteiger partial charge is 0.494 e. The maximum atomic E-state index is 12.8. The number of sulfonamides is 1. The number of hydrogen-bond donors (Lipinski definition) is 1. The number of nitriles is 1. The first-order valence-corrected chi connectivity index (χ1v) is 11.6. The zero-order valence-electron chi connectivity index (χ0n) is 17.9. The molecule has 0 saturated carbocycles. The molecule has 166 valence electrons. The molecule has 0 spiro atoms. The fourth-order valence-electron chi connectivity index (χ4n) is 2.78. The third-order valence-corrected chi connectivity index (χ3v) is 5.19. The van der Waals surface area contributed by atoms with Crippen molar-refractivity contribution < 1.29 is 22.7 Å². The summed E-state index contributed by atoms with van der Waals surface area (Å²) >= 11 is 0. The molecule has 2 aromatic carbocycles. The van der Waals surface area contributed by atoms with E-state index in [1.54, 1.807) is 48.5 Å². The summed E-state index contributed by atoms with van der Waals surface area (Å²) in [6.45, 7) is 6.24. The second-order valence-corrected chi connectivity index (χ2v) is 8.65. The molecule has 8 nitrogen and oxygen atoms in total. The van der Waals surface area contributed by atoms with Crippen LogP contribution < -0.4 is 19.1 Å². The van der Waals surface area contributed by atoms with E-state index >= 15 is 0 Å². The van der Waals surface area contributed by atoms with Crippen LogP contribution in [0.3, 0.4) is 0 Å². The van der Waals surface area contributed by atoms with Gasteiger partial charge in [-0.1, -0.05) is 0 Å². The number of rotatable bonds is 11. The molecular formula is C22H27N3O5S. The molecule has 0 radical (unpaired) electrons. The molecule has 9 heteroatoms. The maximum absolute atomic E-state index is 12.8. The van der Waals surface area contributed by atoms with Gasteiger partial charge < -0.3 is 14.4 Å². The Morgan fingerprint density at radius 3 is 2.26 bits per heavy atom. The Kier molecular flexibility index (Phi) is 8.70. The molecule has 0 aliphatic heterocycles. The average molecular weight is 446 g/mol. The van der Waals surface area contributed by atoms with E-state index in [1.165, 1.54) is 4.90 Å². The highest BCUT2D eigenvalue weighted by atomic mass is 32.2. The molecule has 0 aromatic heterocycles. The molecule has 31 heavy (non-hydrogen) atoms. The molecule has 1 N–H and O–H groups in total. The third-order valence-electron chi connectivity index (χ3n) is 4.02. The first-order valence-electron chi connectivity index (χ1n) is 9.91. The van der Waals surface area contributed by atoms with Gasteiger partial charge in [0, 0.05) is 17.9 Å². The number of ether oxygens (including phenoxy) is 2. The van der Waals surface area contributed by atoms with Crippen LogP contribution in [-0.4, -0.2) is 39.3 Å². The van der Waals surface area contributed by atoms with Gasteiger partial charge in [-0.2, -0.15) is 5.26 Å². The highest BCUT2D eigenvalue weighted by molar-refractivity contribution is 7.93. The van der Waals surface area contributed by atoms with Gasteiger partial charge in [0.15, 0.2) is 0 Å². The van der Waals surface area contributed by atoms with Crippen LogP contribution in [0.4, 0.5) is 11.4 Å². The van der Waals surface area contributed by atoms with Gasteiger partial charge in [-0.3, -0.25) is 9.52 Å². The minimum Gasteiger partial charge on any atom is -0.494 e. The molecule has 2 aromatic rings. The van der Waals surface area contributed by atoms with Crippen molar-refractivity contribution >= 4 is 27.3 Å². The lowest BCUT2D eigenvalue weighted by molar-refractivity contribution is -0.116. The predicted molar refractivity (Wildman–Crippen MR) is 120 cm³/mol. The van der Waals surface area contributed by atoms with E-state index in [9.17, 15) is 13.2 Å². The molecule has 1 amide bonds. The summed E-state index contributed by atoms with van der Waals surface area (Å²) in [6, 6.07) is 15.1. The summed E-state index contributed by atoms with van der Waals surface area (Å²) in [4.78, 5) is 14.1. The highest BCUT2D eigenvalue weighted by Crippen LogP contribution is 2.21. The minimum atomic E-state index is -3.95. The normalized spacial score (nSPS) is 10.9. The van der Waals surface area contributed by atoms with Crippen molar-refractivity contribution in [2.75, 3.05) is 28.5 Å². The molecule has 0 fully saturated rings. The molecule has 0 saturated heterocycles. The van der Waals surface area contributed by atoms with Gasteiger partial charge in [0.25, 0.3) is 0 Å². The number of carbonyl (C=O) groups excluding carboxylic acids is 1. The van der Waals surface area contributed by atoms with Crippen LogP contribution in [0.5, 0.6) is 11.5 Å². The topological polar surface area (TPSA) is 109 Å². The van der Waals surface area contributed by atoms with Crippen LogP contribution in [0.1, 0.15) is 27.2 Å². The van der Waals surface area contributed by atoms with Crippen LogP contribution in [0.15, 0.2) is 48.5 Å². The van der Waals surface area contributed by atoms with Crippen LogP contribution >= 0.6 is 0 Å². The zero-order chi connectivity index (χ0) is 22.9. The summed E-state index contributed by atoms with van der Waals surface area (Å²) in [5.41, 5.74) is 0.822. The predicted octanol–water partition coefficient (Wildman–Crippen LogP) is 3.56. The van der Waals surface area contributed by atoms with E-state index in [0.717, 1.165) is 0 Å². The number of nitrogens with zero attached hydrogens (tertiary/aromatic N) is 2. The maximum Gasteiger partial charge on any atom is 0.244 e. The number of carbonyl (C=O) groups is 1. The second kappa shape index (κ2) is 11.2. The monoisotopic (exact) mass is 445 g/mol. The van der Waals surface area contributed by atoms with Gasteiger partial charge in [-0.15, -0.1) is 0 Å². The second-order valence-electron chi connectivity index (χ2n) is 6.93. The molecule has 0 unspecified atom stereocenters. The van der Waals surface area contributed by atoms with Crippen molar-refractivity contribution in [3.05, 3.63) is 48.5 Å². The summed E-state index contributed by atoms with van der Waals surface area (Å²) in [6.07, 6.45) is 0.0752. The van der Waals surface area contributed by atoms with Crippen molar-refractivity contribution in [2.45, 2.75) is 33.3 Å². The quantitative estimate of drug-likeness (QED) is 0.566. The summed E-state index contributed by atoms with van der Waals surface area (Å²) in [5, 5.41) is 8.91. The Morgan fingerprint density at radius 2 is 1.71 bits per heavy atom. The molecule has 0 heterocycles. The number of amides is 1. The number of benzene rings is 2. The standard InChI is InChI=1S/C22H27N3O5S/c1-4-29-20-12-8-19(9-13-20)25(15-5-14-23)22(26)16-31(27,28)24-18-6-10-21(11-7-18)30-17(2)3/h6-13,17,24H,4-5,15-16H2,1-3H3. The molecule has 0 bridgehead atoms. The van der Waals surface area contributed by atoms with Crippen molar-refractivity contribution in [3.8, 4) is 17.6 Å². The van der Waals surface area contributed by atoms with E-state index in [2.05, 4.69) is 4.72 Å². The van der Waals surface area contributed by atoms with E-state index in [-0.39, 0.29) is 19.1 Å². The number of hydrogen-bond acceptors (Lipinski definition) is 6. The number of anilines is 2. The molecular weight excluding hydrogens is 418 g/mol. The van der Waals surface area contributed by atoms with Gasteiger partial charge in [0.1, 0.15) is 17.3 Å². The van der Waals surface area contributed by atoms with Crippen LogP contribution in [0.2, 0.25) is 0 Å². The molecule has 0 atom stereocenters.